The van der Waals surface area contributed by atoms with E-state index in [1.807, 2.05) is 0 Å². The Morgan fingerprint density at radius 1 is 1.39 bits per heavy atom. The van der Waals surface area contributed by atoms with Crippen LogP contribution < -0.4 is 10.0 Å². The zero-order valence-electron chi connectivity index (χ0n) is 12.1. The molecular formula is C14H16BrN3O4S. The summed E-state index contributed by atoms with van der Waals surface area (Å²) < 4.78 is 28.7. The minimum Gasteiger partial charge on any atom is -0.395 e. The number of aromatic nitrogens is 1. The number of hydrogen-bond donors (Lipinski definition) is 4. The van der Waals surface area contributed by atoms with Crippen molar-refractivity contribution in [2.24, 2.45) is 0 Å². The molecule has 1 saturated carbocycles. The largest absolute Gasteiger partial charge is 0.395 e. The van der Waals surface area contributed by atoms with Crippen LogP contribution >= 0.6 is 15.9 Å². The Balaban J connectivity index is 2.14. The summed E-state index contributed by atoms with van der Waals surface area (Å²) in [5.41, 5.74) is 0.526. The molecule has 4 N–H and O–H groups in total. The van der Waals surface area contributed by atoms with Gasteiger partial charge in [-0.3, -0.25) is 4.79 Å². The molecule has 7 nitrogen and oxygen atoms in total. The fourth-order valence-electron chi connectivity index (χ4n) is 2.32. The van der Waals surface area contributed by atoms with Crippen molar-refractivity contribution < 1.29 is 18.3 Å². The molecule has 1 fully saturated rings. The highest BCUT2D eigenvalue weighted by Crippen LogP contribution is 2.31. The normalized spacial score (nSPS) is 15.0. The lowest BCUT2D eigenvalue weighted by molar-refractivity contribution is 0.0937. The van der Waals surface area contributed by atoms with E-state index in [1.165, 1.54) is 0 Å². The fraction of sp³-hybridized carbons (Fsp3) is 0.357. The van der Waals surface area contributed by atoms with E-state index >= 15 is 0 Å². The van der Waals surface area contributed by atoms with Crippen LogP contribution in [0.3, 0.4) is 0 Å². The summed E-state index contributed by atoms with van der Waals surface area (Å²) in [6.07, 6.45) is 1.61. The lowest BCUT2D eigenvalue weighted by Gasteiger charge is -2.08. The summed E-state index contributed by atoms with van der Waals surface area (Å²) in [5, 5.41) is 11.8. The Morgan fingerprint density at radius 2 is 2.13 bits per heavy atom. The molecule has 2 aromatic rings. The van der Waals surface area contributed by atoms with Gasteiger partial charge >= 0.3 is 0 Å². The second-order valence-corrected chi connectivity index (χ2v) is 7.96. The van der Waals surface area contributed by atoms with Gasteiger partial charge in [0.1, 0.15) is 10.6 Å². The van der Waals surface area contributed by atoms with Crippen molar-refractivity contribution in [2.45, 2.75) is 23.8 Å². The predicted octanol–water partition coefficient (Wildman–Crippen LogP) is 1.09. The Hall–Kier alpha value is -1.42. The SMILES string of the molecule is O=C(NCCO)c1[nH]c2ccc(Br)cc2c1S(=O)(=O)NC1CC1. The number of carbonyl (C=O) groups is 1. The first-order valence-corrected chi connectivity index (χ1v) is 9.42. The maximum Gasteiger partial charge on any atom is 0.269 e. The van der Waals surface area contributed by atoms with Crippen LogP contribution in [0.5, 0.6) is 0 Å². The number of amides is 1. The lowest BCUT2D eigenvalue weighted by atomic mass is 10.2. The van der Waals surface area contributed by atoms with Gasteiger partial charge in [-0.25, -0.2) is 13.1 Å². The van der Waals surface area contributed by atoms with Crippen molar-refractivity contribution in [1.82, 2.24) is 15.0 Å². The van der Waals surface area contributed by atoms with Crippen molar-refractivity contribution in [3.63, 3.8) is 0 Å². The highest BCUT2D eigenvalue weighted by Gasteiger charge is 2.33. The van der Waals surface area contributed by atoms with Gasteiger partial charge in [-0.15, -0.1) is 0 Å². The molecule has 0 saturated heterocycles. The molecule has 0 spiro atoms. The molecular weight excluding hydrogens is 386 g/mol. The maximum absolute atomic E-state index is 12.7. The van der Waals surface area contributed by atoms with Crippen LogP contribution in [0.15, 0.2) is 27.6 Å². The molecule has 1 aromatic carbocycles. The first-order valence-electron chi connectivity index (χ1n) is 7.15. The number of benzene rings is 1. The molecule has 1 amide bonds. The number of halogens is 1. The van der Waals surface area contributed by atoms with Gasteiger partial charge in [-0.05, 0) is 31.0 Å². The van der Waals surface area contributed by atoms with Gasteiger partial charge in [0, 0.05) is 28.0 Å². The molecule has 0 atom stereocenters. The third-order valence-corrected chi connectivity index (χ3v) is 5.60. The van der Waals surface area contributed by atoms with Crippen LogP contribution in [0.4, 0.5) is 0 Å². The van der Waals surface area contributed by atoms with E-state index in [4.69, 9.17) is 5.11 Å². The van der Waals surface area contributed by atoms with Crippen molar-refractivity contribution in [1.29, 1.82) is 0 Å². The number of H-pyrrole nitrogens is 1. The number of rotatable bonds is 6. The van der Waals surface area contributed by atoms with E-state index in [0.717, 1.165) is 12.8 Å². The molecule has 1 aromatic heterocycles. The number of aliphatic hydroxyl groups excluding tert-OH is 1. The number of fused-ring (bicyclic) bond motifs is 1. The number of aromatic amines is 1. The van der Waals surface area contributed by atoms with Gasteiger partial charge < -0.3 is 15.4 Å². The fourth-order valence-corrected chi connectivity index (χ4v) is 4.34. The van der Waals surface area contributed by atoms with E-state index in [1.54, 1.807) is 18.2 Å². The monoisotopic (exact) mass is 401 g/mol. The Bertz CT molecular complexity index is 858. The average molecular weight is 402 g/mol. The molecule has 3 rings (SSSR count). The van der Waals surface area contributed by atoms with E-state index in [2.05, 4.69) is 31.0 Å². The van der Waals surface area contributed by atoms with Gasteiger partial charge in [0.25, 0.3) is 5.91 Å². The first kappa shape index (κ1) is 16.4. The molecule has 0 aliphatic heterocycles. The molecule has 23 heavy (non-hydrogen) atoms. The van der Waals surface area contributed by atoms with Crippen molar-refractivity contribution in [2.75, 3.05) is 13.2 Å². The van der Waals surface area contributed by atoms with Gasteiger partial charge in [-0.2, -0.15) is 0 Å². The summed E-state index contributed by atoms with van der Waals surface area (Å²) >= 11 is 3.32. The molecule has 9 heteroatoms. The Kier molecular flexibility index (Phi) is 4.45. The zero-order valence-corrected chi connectivity index (χ0v) is 14.5. The van der Waals surface area contributed by atoms with Crippen molar-refractivity contribution in [3.05, 3.63) is 28.4 Å². The third-order valence-electron chi connectivity index (χ3n) is 3.51. The van der Waals surface area contributed by atoms with E-state index < -0.39 is 15.9 Å². The van der Waals surface area contributed by atoms with Gasteiger partial charge in [-0.1, -0.05) is 15.9 Å². The molecule has 1 aliphatic carbocycles. The Labute approximate surface area is 141 Å². The molecule has 124 valence electrons. The average Bonchev–Trinajstić information content (AvgIpc) is 3.20. The minimum absolute atomic E-state index is 0.0281. The number of sulfonamides is 1. The van der Waals surface area contributed by atoms with Crippen LogP contribution in [-0.2, 0) is 10.0 Å². The highest BCUT2D eigenvalue weighted by atomic mass is 79.9. The summed E-state index contributed by atoms with van der Waals surface area (Å²) in [5.74, 6) is -0.567. The number of aliphatic hydroxyl groups is 1. The van der Waals surface area contributed by atoms with E-state index in [9.17, 15) is 13.2 Å². The van der Waals surface area contributed by atoms with Gasteiger partial charge in [0.15, 0.2) is 0 Å². The van der Waals surface area contributed by atoms with Crippen LogP contribution in [0.1, 0.15) is 23.3 Å². The summed E-state index contributed by atoms with van der Waals surface area (Å²) in [7, 11) is -3.82. The first-order chi connectivity index (χ1) is 10.9. The molecule has 0 radical (unpaired) electrons. The maximum atomic E-state index is 12.7. The van der Waals surface area contributed by atoms with E-state index in [0.29, 0.717) is 15.4 Å². The van der Waals surface area contributed by atoms with Crippen LogP contribution in [0.25, 0.3) is 10.9 Å². The summed E-state index contributed by atoms with van der Waals surface area (Å²) in [4.78, 5) is 15.1. The smallest absolute Gasteiger partial charge is 0.269 e. The number of hydrogen-bond acceptors (Lipinski definition) is 4. The van der Waals surface area contributed by atoms with Gasteiger partial charge in [0.05, 0.1) is 6.61 Å². The second kappa shape index (κ2) is 6.23. The topological polar surface area (TPSA) is 111 Å². The molecule has 0 unspecified atom stereocenters. The predicted molar refractivity (Wildman–Crippen MR) is 88.8 cm³/mol. The van der Waals surface area contributed by atoms with Crippen molar-refractivity contribution in [3.8, 4) is 0 Å². The summed E-state index contributed by atoms with van der Waals surface area (Å²) in [6, 6.07) is 5.07. The minimum atomic E-state index is -3.82. The van der Waals surface area contributed by atoms with Gasteiger partial charge in [0.2, 0.25) is 10.0 Å². The Morgan fingerprint density at radius 3 is 2.78 bits per heavy atom. The van der Waals surface area contributed by atoms with Crippen LogP contribution in [-0.4, -0.2) is 43.6 Å². The number of nitrogens with one attached hydrogen (secondary N) is 3. The third kappa shape index (κ3) is 3.42. The van der Waals surface area contributed by atoms with E-state index in [-0.39, 0.29) is 29.8 Å². The lowest BCUT2D eigenvalue weighted by Crippen LogP contribution is -2.31. The molecule has 0 bridgehead atoms. The quantitative estimate of drug-likeness (QED) is 0.580. The molecule has 1 heterocycles. The highest BCUT2D eigenvalue weighted by molar-refractivity contribution is 9.10. The van der Waals surface area contributed by atoms with Crippen LogP contribution in [0, 0.1) is 0 Å². The molecule has 1 aliphatic rings. The van der Waals surface area contributed by atoms with Crippen molar-refractivity contribution >= 4 is 42.8 Å². The number of carbonyl (C=O) groups excluding carboxylic acids is 1. The second-order valence-electron chi connectivity index (χ2n) is 5.39. The van der Waals surface area contributed by atoms with Crippen LogP contribution in [0.2, 0.25) is 0 Å². The standard InChI is InChI=1S/C14H16BrN3O4S/c15-8-1-4-11-10(7-8)13(23(21,22)18-9-2-3-9)12(17-11)14(20)16-5-6-19/h1,4,7,9,17-19H,2-3,5-6H2,(H,16,20). The summed E-state index contributed by atoms with van der Waals surface area (Å²) in [6.45, 7) is -0.173. The zero-order chi connectivity index (χ0) is 16.6.